The second kappa shape index (κ2) is 17.0. The summed E-state index contributed by atoms with van der Waals surface area (Å²) in [5.74, 6) is 0.983. The monoisotopic (exact) mass is 800 g/mol. The van der Waals surface area contributed by atoms with Crippen molar-refractivity contribution in [3.8, 4) is 5.75 Å². The van der Waals surface area contributed by atoms with Crippen LogP contribution in [0.25, 0.3) is 0 Å². The summed E-state index contributed by atoms with van der Waals surface area (Å²) < 4.78 is 6.57. The molecule has 49 heavy (non-hydrogen) atoms. The fraction of sp³-hybridized carbons (Fsp3) is 0.441. The number of hydrogen-bond acceptors (Lipinski definition) is 8. The Morgan fingerprint density at radius 3 is 2.43 bits per heavy atom. The Morgan fingerprint density at radius 1 is 1.04 bits per heavy atom. The number of benzene rings is 2. The van der Waals surface area contributed by atoms with Gasteiger partial charge in [-0.15, -0.1) is 0 Å². The predicted molar refractivity (Wildman–Crippen MR) is 189 cm³/mol. The highest BCUT2D eigenvalue weighted by Crippen LogP contribution is 2.34. The van der Waals surface area contributed by atoms with Gasteiger partial charge in [0.15, 0.2) is 6.10 Å². The Kier molecular flexibility index (Phi) is 12.5. The number of halogens is 2. The minimum absolute atomic E-state index is 0.000222. The largest absolute Gasteiger partial charge is 0.506 e. The number of aromatic hydroxyl groups is 1. The van der Waals surface area contributed by atoms with Crippen molar-refractivity contribution in [3.63, 3.8) is 0 Å². The molecule has 0 unspecified atom stereocenters. The summed E-state index contributed by atoms with van der Waals surface area (Å²) in [6.07, 6.45) is 1.68. The number of rotatable bonds is 9. The molecule has 0 radical (unpaired) electrons. The molecule has 0 aliphatic carbocycles. The van der Waals surface area contributed by atoms with E-state index in [-0.39, 0.29) is 30.7 Å². The molecule has 3 aliphatic heterocycles. The van der Waals surface area contributed by atoms with Gasteiger partial charge in [-0.1, -0.05) is 18.2 Å². The lowest BCUT2D eigenvalue weighted by Crippen LogP contribution is -2.50. The molecule has 3 heterocycles. The summed E-state index contributed by atoms with van der Waals surface area (Å²) in [4.78, 5) is 61.8. The van der Waals surface area contributed by atoms with E-state index in [0.717, 1.165) is 17.7 Å². The smallest absolute Gasteiger partial charge is 0.410 e. The number of phenols is 1. The minimum Gasteiger partial charge on any atom is -0.506 e. The zero-order chi connectivity index (χ0) is 34.9. The van der Waals surface area contributed by atoms with E-state index in [9.17, 15) is 24.3 Å². The van der Waals surface area contributed by atoms with E-state index >= 15 is 0 Å². The summed E-state index contributed by atoms with van der Waals surface area (Å²) in [7, 11) is 0. The molecule has 2 aromatic carbocycles. The molecule has 0 aromatic heterocycles. The van der Waals surface area contributed by atoms with Crippen LogP contribution in [0.4, 0.5) is 15.3 Å². The van der Waals surface area contributed by atoms with Crippen LogP contribution >= 0.6 is 31.9 Å². The first kappa shape index (κ1) is 36.2. The van der Waals surface area contributed by atoms with Gasteiger partial charge in [0.05, 0.1) is 21.6 Å². The Morgan fingerprint density at radius 2 is 1.73 bits per heavy atom. The first-order chi connectivity index (χ1) is 23.6. The number of aliphatic carboxylic acids is 1. The maximum Gasteiger partial charge on any atom is 0.410 e. The molecule has 0 bridgehead atoms. The van der Waals surface area contributed by atoms with Gasteiger partial charge in [-0.05, 0) is 86.2 Å². The van der Waals surface area contributed by atoms with E-state index in [1.54, 1.807) is 23.2 Å². The van der Waals surface area contributed by atoms with Gasteiger partial charge in [-0.25, -0.2) is 9.59 Å². The normalized spacial score (nSPS) is 17.5. The van der Waals surface area contributed by atoms with Crippen LogP contribution < -0.4 is 5.32 Å². The minimum atomic E-state index is -1.27. The van der Waals surface area contributed by atoms with E-state index < -0.39 is 24.1 Å². The molecule has 4 amide bonds. The number of hydrogen-bond donors (Lipinski definition) is 3. The topological polar surface area (TPSA) is 155 Å². The summed E-state index contributed by atoms with van der Waals surface area (Å²) in [5, 5.41) is 22.0. The molecule has 260 valence electrons. The molecule has 0 spiro atoms. The number of ether oxygens (including phenoxy) is 1. The summed E-state index contributed by atoms with van der Waals surface area (Å²) in [5.41, 5.74) is 5.30. The number of anilines is 1. The van der Waals surface area contributed by atoms with Gasteiger partial charge < -0.3 is 35.0 Å². The number of aliphatic imine (C=N–C) groups is 1. The van der Waals surface area contributed by atoms with E-state index in [0.29, 0.717) is 79.7 Å². The number of para-hydroxylation sites is 1. The van der Waals surface area contributed by atoms with Crippen molar-refractivity contribution in [1.82, 2.24) is 19.6 Å². The molecule has 15 heteroatoms. The number of likely N-dealkylation sites (tertiary alicyclic amines) is 1. The van der Waals surface area contributed by atoms with Crippen molar-refractivity contribution in [1.29, 1.82) is 0 Å². The molecule has 3 N–H and O–H groups in total. The fourth-order valence-corrected chi connectivity index (χ4v) is 7.35. The number of piperazine rings is 1. The van der Waals surface area contributed by atoms with Gasteiger partial charge in [-0.3, -0.25) is 14.5 Å². The average molecular weight is 803 g/mol. The molecule has 3 aliphatic rings. The molecule has 2 fully saturated rings. The van der Waals surface area contributed by atoms with Gasteiger partial charge in [0.2, 0.25) is 0 Å². The van der Waals surface area contributed by atoms with Gasteiger partial charge in [0.1, 0.15) is 5.75 Å². The first-order valence-electron chi connectivity index (χ1n) is 16.1. The number of nitrogens with one attached hydrogen (secondary N) is 1. The highest BCUT2D eigenvalue weighted by molar-refractivity contribution is 9.11. The number of carbonyl (C=O) groups excluding carboxylic acids is 3. The third-order valence-corrected chi connectivity index (χ3v) is 10.1. The highest BCUT2D eigenvalue weighted by atomic mass is 79.9. The number of carboxylic acid groups (broad SMARTS) is 1. The number of amides is 4. The molecule has 1 atom stereocenters. The third-order valence-electron chi connectivity index (χ3n) is 8.85. The second-order valence-corrected chi connectivity index (χ2v) is 13.8. The van der Waals surface area contributed by atoms with Crippen LogP contribution in [-0.2, 0) is 27.2 Å². The number of fused-ring (bicyclic) bond motifs is 1. The van der Waals surface area contributed by atoms with Gasteiger partial charge >= 0.3 is 18.1 Å². The van der Waals surface area contributed by atoms with Crippen LogP contribution in [0.3, 0.4) is 0 Å². The first-order valence-corrected chi connectivity index (χ1v) is 17.7. The van der Waals surface area contributed by atoms with Crippen molar-refractivity contribution in [2.24, 2.45) is 4.99 Å². The predicted octanol–water partition coefficient (Wildman–Crippen LogP) is 4.48. The number of carboxylic acids is 1. The van der Waals surface area contributed by atoms with Crippen molar-refractivity contribution >= 4 is 67.4 Å². The third kappa shape index (κ3) is 9.96. The summed E-state index contributed by atoms with van der Waals surface area (Å²) in [6.45, 7) is 4.52. The van der Waals surface area contributed by atoms with Crippen LogP contribution in [0, 0.1) is 0 Å². The maximum atomic E-state index is 13.4. The van der Waals surface area contributed by atoms with E-state index in [1.807, 2.05) is 34.1 Å². The van der Waals surface area contributed by atoms with Crippen molar-refractivity contribution in [2.75, 3.05) is 57.7 Å². The zero-order valence-corrected chi connectivity index (χ0v) is 30.0. The molecule has 0 saturated carbocycles. The SMILES string of the molecule is O=C(O)CCN1CCN(C=C=C=NC(=O)[C@@H](Cc2cc(Br)c(O)c(Br)c2)OC(=O)N2CCC(N3CCc4ccccc4NC3=O)CC2)CC1. The quantitative estimate of drug-likeness (QED) is 0.246. The lowest BCUT2D eigenvalue weighted by molar-refractivity contribution is -0.137. The molecule has 2 saturated heterocycles. The Bertz CT molecular complexity index is 1640. The number of piperidine rings is 1. The van der Waals surface area contributed by atoms with Crippen LogP contribution in [0.15, 0.2) is 62.3 Å². The zero-order valence-electron chi connectivity index (χ0n) is 26.8. The Balaban J connectivity index is 1.20. The van der Waals surface area contributed by atoms with E-state index in [2.05, 4.69) is 58.7 Å². The molecule has 13 nitrogen and oxygen atoms in total. The molecular formula is C34H38Br2N6O7. The maximum absolute atomic E-state index is 13.4. The Labute approximate surface area is 301 Å². The number of carbonyl (C=O) groups is 4. The number of nitrogens with zero attached hydrogens (tertiary/aromatic N) is 5. The highest BCUT2D eigenvalue weighted by Gasteiger charge is 2.33. The molecule has 5 rings (SSSR count). The van der Waals surface area contributed by atoms with Crippen LogP contribution in [0.1, 0.15) is 30.4 Å². The summed E-state index contributed by atoms with van der Waals surface area (Å²) in [6, 6.07) is 10.8. The van der Waals surface area contributed by atoms with E-state index in [1.165, 1.54) is 0 Å². The van der Waals surface area contributed by atoms with Crippen LogP contribution in [0.5, 0.6) is 5.75 Å². The molecule has 2 aromatic rings. The molecular weight excluding hydrogens is 764 g/mol. The number of phenolic OH excluding ortho intramolecular Hbond substituents is 1. The van der Waals surface area contributed by atoms with Crippen molar-refractivity contribution in [2.45, 2.75) is 44.2 Å². The van der Waals surface area contributed by atoms with Gasteiger partial charge in [-0.2, -0.15) is 4.99 Å². The lowest BCUT2D eigenvalue weighted by atomic mass is 10.0. The average Bonchev–Trinajstić information content (AvgIpc) is 3.26. The van der Waals surface area contributed by atoms with Gasteiger partial charge in [0.25, 0.3) is 5.91 Å². The standard InChI is InChI=1S/C34H38Br2N6O7/c35-26-20-23(21-27(36)31(26)45)22-29(32(46)37-10-3-11-39-16-18-40(19-17-39)12-9-30(43)44)49-34(48)41-13-7-25(8-14-41)42-15-6-24-4-1-2-5-28(24)38-33(42)47/h1-2,4-5,11,20-21,25,29,45H,6-9,12-19,22H2,(H,38,47)(H,43,44)/t29-/m1/s1. The van der Waals surface area contributed by atoms with Crippen molar-refractivity contribution in [3.05, 3.63) is 68.4 Å². The van der Waals surface area contributed by atoms with Gasteiger partial charge in [0, 0.05) is 76.4 Å². The lowest BCUT2D eigenvalue weighted by Gasteiger charge is -2.37. The number of urea groups is 1. The van der Waals surface area contributed by atoms with E-state index in [4.69, 9.17) is 9.84 Å². The van der Waals surface area contributed by atoms with Crippen LogP contribution in [-0.4, -0.2) is 124 Å². The second-order valence-electron chi connectivity index (χ2n) is 12.1. The Hall–Kier alpha value is -4.13. The van der Waals surface area contributed by atoms with Crippen LogP contribution in [0.2, 0.25) is 0 Å². The van der Waals surface area contributed by atoms with Crippen molar-refractivity contribution < 1.29 is 34.1 Å². The fourth-order valence-electron chi connectivity index (χ4n) is 6.07. The summed E-state index contributed by atoms with van der Waals surface area (Å²) >= 11 is 6.61.